The number of hydrogen-bond acceptors (Lipinski definition) is 3. The fourth-order valence-electron chi connectivity index (χ4n) is 1.98. The molecule has 0 spiro atoms. The summed E-state index contributed by atoms with van der Waals surface area (Å²) in [5, 5.41) is 2.70. The van der Waals surface area contributed by atoms with E-state index in [2.05, 4.69) is 5.32 Å². The number of amides is 1. The third-order valence-electron chi connectivity index (χ3n) is 3.38. The van der Waals surface area contributed by atoms with Crippen LogP contribution in [-0.4, -0.2) is 20.1 Å². The highest BCUT2D eigenvalue weighted by Gasteiger charge is 2.26. The van der Waals surface area contributed by atoms with Crippen molar-refractivity contribution in [2.45, 2.75) is 24.1 Å². The molecule has 0 bridgehead atoms. The summed E-state index contributed by atoms with van der Waals surface area (Å²) in [6.45, 7) is 2.24. The molecule has 1 amide bonds. The van der Waals surface area contributed by atoms with E-state index in [9.17, 15) is 22.0 Å². The van der Waals surface area contributed by atoms with Gasteiger partial charge >= 0.3 is 5.76 Å². The summed E-state index contributed by atoms with van der Waals surface area (Å²) in [6.07, 6.45) is 0. The number of sulfone groups is 1. The van der Waals surface area contributed by atoms with Gasteiger partial charge in [0.2, 0.25) is 9.84 Å². The van der Waals surface area contributed by atoms with Gasteiger partial charge in [-0.1, -0.05) is 24.3 Å². The van der Waals surface area contributed by atoms with Crippen LogP contribution in [0.2, 0.25) is 0 Å². The Morgan fingerprint density at radius 2 is 1.70 bits per heavy atom. The lowest BCUT2D eigenvalue weighted by atomic mass is 10.1. The topological polar surface area (TPSA) is 63.2 Å². The normalized spacial score (nSPS) is 11.5. The molecular formula is C16H15F2NO3S. The van der Waals surface area contributed by atoms with E-state index in [0.29, 0.717) is 6.54 Å². The van der Waals surface area contributed by atoms with Crippen LogP contribution >= 0.6 is 0 Å². The van der Waals surface area contributed by atoms with E-state index >= 15 is 0 Å². The van der Waals surface area contributed by atoms with Gasteiger partial charge in [-0.2, -0.15) is 8.78 Å². The number of aryl methyl sites for hydroxylation is 1. The second-order valence-electron chi connectivity index (χ2n) is 4.94. The number of benzene rings is 2. The summed E-state index contributed by atoms with van der Waals surface area (Å²) in [4.78, 5) is 11.5. The number of carbonyl (C=O) groups is 1. The Morgan fingerprint density at radius 1 is 1.09 bits per heavy atom. The fraction of sp³-hybridized carbons (Fsp3) is 0.188. The standard InChI is InChI=1S/C16H15F2NO3S/c1-11-4-2-3-5-13(11)10-19-15(20)12-6-8-14(9-7-12)23(21,22)16(17)18/h2-9,16H,10H2,1H3,(H,19,20). The highest BCUT2D eigenvalue weighted by molar-refractivity contribution is 7.91. The van der Waals surface area contributed by atoms with E-state index in [1.807, 2.05) is 31.2 Å². The van der Waals surface area contributed by atoms with E-state index in [1.54, 1.807) is 0 Å². The maximum Gasteiger partial charge on any atom is 0.341 e. The minimum absolute atomic E-state index is 0.201. The average Bonchev–Trinajstić information content (AvgIpc) is 2.53. The first-order valence-corrected chi connectivity index (χ1v) is 8.32. The zero-order valence-electron chi connectivity index (χ0n) is 12.3. The van der Waals surface area contributed by atoms with Crippen molar-refractivity contribution in [3.8, 4) is 0 Å². The second-order valence-corrected chi connectivity index (χ2v) is 6.86. The van der Waals surface area contributed by atoms with E-state index in [0.717, 1.165) is 23.3 Å². The van der Waals surface area contributed by atoms with Gasteiger partial charge in [-0.15, -0.1) is 0 Å². The van der Waals surface area contributed by atoms with Crippen molar-refractivity contribution >= 4 is 15.7 Å². The summed E-state index contributed by atoms with van der Waals surface area (Å²) in [6, 6.07) is 12.0. The molecule has 23 heavy (non-hydrogen) atoms. The van der Waals surface area contributed by atoms with Gasteiger partial charge in [-0.05, 0) is 42.3 Å². The number of rotatable bonds is 5. The summed E-state index contributed by atoms with van der Waals surface area (Å²) in [5.74, 6) is -3.89. The lowest BCUT2D eigenvalue weighted by molar-refractivity contribution is 0.0951. The van der Waals surface area contributed by atoms with Crippen LogP contribution in [0.15, 0.2) is 53.4 Å². The maximum atomic E-state index is 12.4. The SMILES string of the molecule is Cc1ccccc1CNC(=O)c1ccc(S(=O)(=O)C(F)F)cc1. The number of nitrogens with one attached hydrogen (secondary N) is 1. The first kappa shape index (κ1) is 17.1. The fourth-order valence-corrected chi connectivity index (χ4v) is 2.71. The summed E-state index contributed by atoms with van der Waals surface area (Å²) < 4.78 is 47.5. The van der Waals surface area contributed by atoms with Crippen molar-refractivity contribution < 1.29 is 22.0 Å². The Labute approximate surface area is 133 Å². The van der Waals surface area contributed by atoms with Crippen LogP contribution in [0.3, 0.4) is 0 Å². The van der Waals surface area contributed by atoms with Gasteiger partial charge in [0.15, 0.2) is 0 Å². The third kappa shape index (κ3) is 3.92. The minimum atomic E-state index is -4.65. The molecule has 0 saturated carbocycles. The molecular weight excluding hydrogens is 324 g/mol. The molecule has 0 aliphatic carbocycles. The van der Waals surface area contributed by atoms with Crippen LogP contribution in [0.4, 0.5) is 8.78 Å². The van der Waals surface area contributed by atoms with Gasteiger partial charge in [0, 0.05) is 12.1 Å². The molecule has 0 aromatic heterocycles. The van der Waals surface area contributed by atoms with Crippen LogP contribution in [0.25, 0.3) is 0 Å². The second kappa shape index (κ2) is 6.87. The van der Waals surface area contributed by atoms with Gasteiger partial charge in [0.25, 0.3) is 5.91 Å². The molecule has 0 heterocycles. The number of alkyl halides is 2. The third-order valence-corrected chi connectivity index (χ3v) is 4.78. The average molecular weight is 339 g/mol. The van der Waals surface area contributed by atoms with Crippen LogP contribution in [-0.2, 0) is 16.4 Å². The molecule has 2 rings (SSSR count). The van der Waals surface area contributed by atoms with Crippen molar-refractivity contribution in [2.75, 3.05) is 0 Å². The van der Waals surface area contributed by atoms with Gasteiger partial charge in [-0.3, -0.25) is 4.79 Å². The Bertz CT molecular complexity index is 802. The van der Waals surface area contributed by atoms with Crippen molar-refractivity contribution in [2.24, 2.45) is 0 Å². The highest BCUT2D eigenvalue weighted by Crippen LogP contribution is 2.18. The predicted octanol–water partition coefficient (Wildman–Crippen LogP) is 2.92. The van der Waals surface area contributed by atoms with Crippen LogP contribution in [0.1, 0.15) is 21.5 Å². The molecule has 4 nitrogen and oxygen atoms in total. The molecule has 2 aromatic rings. The smallest absolute Gasteiger partial charge is 0.341 e. The van der Waals surface area contributed by atoms with Crippen LogP contribution in [0.5, 0.6) is 0 Å². The molecule has 0 unspecified atom stereocenters. The molecule has 1 N–H and O–H groups in total. The molecule has 0 radical (unpaired) electrons. The summed E-state index contributed by atoms with van der Waals surface area (Å²) in [5.41, 5.74) is 2.19. The van der Waals surface area contributed by atoms with Gasteiger partial charge in [-0.25, -0.2) is 8.42 Å². The number of carbonyl (C=O) groups excluding carboxylic acids is 1. The van der Waals surface area contributed by atoms with Gasteiger partial charge < -0.3 is 5.32 Å². The lowest BCUT2D eigenvalue weighted by Crippen LogP contribution is -2.23. The Morgan fingerprint density at radius 3 is 2.26 bits per heavy atom. The Balaban J connectivity index is 2.08. The zero-order chi connectivity index (χ0) is 17.0. The molecule has 0 aliphatic heterocycles. The minimum Gasteiger partial charge on any atom is -0.348 e. The van der Waals surface area contributed by atoms with Crippen molar-refractivity contribution in [1.29, 1.82) is 0 Å². The monoisotopic (exact) mass is 339 g/mol. The van der Waals surface area contributed by atoms with E-state index in [4.69, 9.17) is 0 Å². The molecule has 0 aliphatic rings. The Kier molecular flexibility index (Phi) is 5.10. The maximum absolute atomic E-state index is 12.4. The number of hydrogen-bond donors (Lipinski definition) is 1. The molecule has 122 valence electrons. The molecule has 2 aromatic carbocycles. The van der Waals surface area contributed by atoms with Gasteiger partial charge in [0.1, 0.15) is 0 Å². The Hall–Kier alpha value is -2.28. The van der Waals surface area contributed by atoms with Gasteiger partial charge in [0.05, 0.1) is 4.90 Å². The lowest BCUT2D eigenvalue weighted by Gasteiger charge is -2.08. The zero-order valence-corrected chi connectivity index (χ0v) is 13.1. The largest absolute Gasteiger partial charge is 0.348 e. The predicted molar refractivity (Wildman–Crippen MR) is 82.0 cm³/mol. The molecule has 0 saturated heterocycles. The quantitative estimate of drug-likeness (QED) is 0.911. The van der Waals surface area contributed by atoms with Crippen LogP contribution in [0, 0.1) is 6.92 Å². The van der Waals surface area contributed by atoms with Crippen LogP contribution < -0.4 is 5.32 Å². The van der Waals surface area contributed by atoms with E-state index < -0.39 is 26.4 Å². The van der Waals surface area contributed by atoms with E-state index in [-0.39, 0.29) is 5.56 Å². The van der Waals surface area contributed by atoms with Crippen molar-refractivity contribution in [3.63, 3.8) is 0 Å². The summed E-state index contributed by atoms with van der Waals surface area (Å²) in [7, 11) is -4.65. The highest BCUT2D eigenvalue weighted by atomic mass is 32.2. The summed E-state index contributed by atoms with van der Waals surface area (Å²) >= 11 is 0. The van der Waals surface area contributed by atoms with E-state index in [1.165, 1.54) is 12.1 Å². The van der Waals surface area contributed by atoms with Crippen molar-refractivity contribution in [3.05, 3.63) is 65.2 Å². The molecule has 7 heteroatoms. The number of halogens is 2. The first-order valence-electron chi connectivity index (χ1n) is 6.77. The molecule has 0 atom stereocenters. The van der Waals surface area contributed by atoms with Crippen molar-refractivity contribution in [1.82, 2.24) is 5.32 Å². The first-order chi connectivity index (χ1) is 10.8. The molecule has 0 fully saturated rings.